The molecule has 0 bridgehead atoms. The van der Waals surface area contributed by atoms with Gasteiger partial charge < -0.3 is 0 Å². The van der Waals surface area contributed by atoms with Crippen LogP contribution < -0.4 is 0 Å². The predicted octanol–water partition coefficient (Wildman–Crippen LogP) is 2.98. The van der Waals surface area contributed by atoms with Crippen molar-refractivity contribution in [3.05, 3.63) is 34.9 Å². The molecule has 0 unspecified atom stereocenters. The molecule has 0 saturated carbocycles. The van der Waals surface area contributed by atoms with Gasteiger partial charge in [0.15, 0.2) is 17.5 Å². The Morgan fingerprint density at radius 1 is 0.846 bits per heavy atom. The maximum atomic E-state index is 12.4. The summed E-state index contributed by atoms with van der Waals surface area (Å²) in [6.45, 7) is 0. The van der Waals surface area contributed by atoms with E-state index in [0.717, 1.165) is 6.07 Å². The third-order valence-corrected chi connectivity index (χ3v) is 1.30. The summed E-state index contributed by atoms with van der Waals surface area (Å²) in [5.41, 5.74) is -1.81. The van der Waals surface area contributed by atoms with E-state index in [2.05, 4.69) is 0 Å². The zero-order valence-corrected chi connectivity index (χ0v) is 5.85. The second kappa shape index (κ2) is 3.27. The summed E-state index contributed by atoms with van der Waals surface area (Å²) >= 11 is 0. The lowest BCUT2D eigenvalue weighted by Crippen LogP contribution is -2.02. The van der Waals surface area contributed by atoms with Crippen molar-refractivity contribution in [1.29, 1.82) is 0 Å². The summed E-state index contributed by atoms with van der Waals surface area (Å²) in [5, 5.41) is 0. The van der Waals surface area contributed by atoms with Crippen molar-refractivity contribution >= 4 is 0 Å². The largest absolute Gasteiger partial charge is 0.269 e. The summed E-state index contributed by atoms with van der Waals surface area (Å²) in [6.07, 6.45) is -3.55. The van der Waals surface area contributed by atoms with Crippen molar-refractivity contribution in [2.24, 2.45) is 0 Å². The lowest BCUT2D eigenvalue weighted by molar-refractivity contribution is 0.138. The fourth-order valence-electron chi connectivity index (χ4n) is 0.721. The van der Waals surface area contributed by atoms with Gasteiger partial charge in [-0.3, -0.25) is 0 Å². The number of benzene rings is 1. The summed E-state index contributed by atoms with van der Waals surface area (Å²) in [6, 6.07) is 1.00. The molecule has 0 atom stereocenters. The van der Waals surface area contributed by atoms with Crippen LogP contribution in [-0.4, -0.2) is 0 Å². The molecule has 0 N–H and O–H groups in total. The van der Waals surface area contributed by atoms with E-state index in [1.165, 1.54) is 0 Å². The van der Waals surface area contributed by atoms with Gasteiger partial charge in [-0.05, 0) is 0 Å². The highest BCUT2D eigenvalue weighted by Gasteiger charge is 2.25. The lowest BCUT2D eigenvalue weighted by Gasteiger charge is -2.03. The molecular formula is C7HF6. The lowest BCUT2D eigenvalue weighted by atomic mass is 10.2. The summed E-state index contributed by atoms with van der Waals surface area (Å²) in [5.74, 6) is -8.26. The minimum absolute atomic E-state index is 1.00. The molecule has 0 amide bonds. The van der Waals surface area contributed by atoms with Gasteiger partial charge in [0, 0.05) is 0 Å². The minimum atomic E-state index is -3.55. The van der Waals surface area contributed by atoms with E-state index in [-0.39, 0.29) is 0 Å². The zero-order chi connectivity index (χ0) is 10.2. The first-order chi connectivity index (χ1) is 5.95. The monoisotopic (exact) mass is 199 g/mol. The van der Waals surface area contributed by atoms with Crippen LogP contribution in [0.4, 0.5) is 26.3 Å². The van der Waals surface area contributed by atoms with Gasteiger partial charge in [0.1, 0.15) is 5.82 Å². The van der Waals surface area contributed by atoms with Crippen molar-refractivity contribution in [2.45, 2.75) is 6.43 Å². The van der Waals surface area contributed by atoms with E-state index in [0.29, 0.717) is 0 Å². The molecule has 0 fully saturated rings. The van der Waals surface area contributed by atoms with Crippen LogP contribution in [0.15, 0.2) is 0 Å². The first-order valence-electron chi connectivity index (χ1n) is 2.98. The number of hydrogen-bond acceptors (Lipinski definition) is 0. The fraction of sp³-hybridized carbons (Fsp3) is 0.143. The average molecular weight is 199 g/mol. The molecular weight excluding hydrogens is 198 g/mol. The fourth-order valence-corrected chi connectivity index (χ4v) is 0.721. The Labute approximate surface area is 68.8 Å². The predicted molar refractivity (Wildman–Crippen MR) is 30.1 cm³/mol. The standard InChI is InChI=1S/C7HF6/c8-2-1-3(9)5(10)6(11)4(2)7(12)13/h7H. The Morgan fingerprint density at radius 3 is 1.85 bits per heavy atom. The topological polar surface area (TPSA) is 0 Å². The molecule has 0 aliphatic heterocycles. The van der Waals surface area contributed by atoms with Gasteiger partial charge in [0.05, 0.1) is 11.6 Å². The molecule has 0 nitrogen and oxygen atoms in total. The van der Waals surface area contributed by atoms with Crippen LogP contribution in [0.1, 0.15) is 12.0 Å². The van der Waals surface area contributed by atoms with Gasteiger partial charge in [-0.1, -0.05) is 0 Å². The maximum Gasteiger partial charge on any atom is 0.269 e. The smallest absolute Gasteiger partial charge is 0.206 e. The van der Waals surface area contributed by atoms with Crippen molar-refractivity contribution in [2.75, 3.05) is 0 Å². The first-order valence-corrected chi connectivity index (χ1v) is 2.98. The van der Waals surface area contributed by atoms with Crippen LogP contribution in [0.5, 0.6) is 0 Å². The van der Waals surface area contributed by atoms with Crippen LogP contribution in [0.2, 0.25) is 0 Å². The van der Waals surface area contributed by atoms with Crippen LogP contribution in [-0.2, 0) is 0 Å². The summed E-state index contributed by atoms with van der Waals surface area (Å²) in [4.78, 5) is 0. The molecule has 1 radical (unpaired) electrons. The third kappa shape index (κ3) is 1.61. The first kappa shape index (κ1) is 9.88. The van der Waals surface area contributed by atoms with Gasteiger partial charge in [0.25, 0.3) is 6.43 Å². The Kier molecular flexibility index (Phi) is 2.49. The molecule has 0 aliphatic rings. The van der Waals surface area contributed by atoms with E-state index in [9.17, 15) is 26.3 Å². The second-order valence-corrected chi connectivity index (χ2v) is 2.10. The van der Waals surface area contributed by atoms with Crippen LogP contribution in [0.25, 0.3) is 0 Å². The summed E-state index contributed by atoms with van der Waals surface area (Å²) < 4.78 is 72.8. The quantitative estimate of drug-likeness (QED) is 0.370. The minimum Gasteiger partial charge on any atom is -0.206 e. The van der Waals surface area contributed by atoms with Gasteiger partial charge in [0.2, 0.25) is 0 Å². The second-order valence-electron chi connectivity index (χ2n) is 2.10. The van der Waals surface area contributed by atoms with E-state index in [4.69, 9.17) is 0 Å². The molecule has 1 aromatic rings. The van der Waals surface area contributed by atoms with Crippen molar-refractivity contribution < 1.29 is 26.3 Å². The van der Waals surface area contributed by atoms with Crippen molar-refractivity contribution in [1.82, 2.24) is 0 Å². The molecule has 1 rings (SSSR count). The van der Waals surface area contributed by atoms with Crippen molar-refractivity contribution in [3.8, 4) is 0 Å². The maximum absolute atomic E-state index is 12.4. The van der Waals surface area contributed by atoms with E-state index in [1.807, 2.05) is 0 Å². The number of rotatable bonds is 1. The number of halogens is 6. The zero-order valence-electron chi connectivity index (χ0n) is 5.85. The Balaban J connectivity index is 3.44. The molecule has 13 heavy (non-hydrogen) atoms. The normalized spacial score (nSPS) is 11.0. The summed E-state index contributed by atoms with van der Waals surface area (Å²) in [7, 11) is 0. The van der Waals surface area contributed by atoms with Gasteiger partial charge >= 0.3 is 0 Å². The number of hydrogen-bond donors (Lipinski definition) is 0. The third-order valence-electron chi connectivity index (χ3n) is 1.30. The van der Waals surface area contributed by atoms with E-state index < -0.39 is 35.3 Å². The van der Waals surface area contributed by atoms with Gasteiger partial charge in [-0.15, -0.1) is 0 Å². The molecule has 0 heterocycles. The van der Waals surface area contributed by atoms with Crippen LogP contribution in [0.3, 0.4) is 0 Å². The van der Waals surface area contributed by atoms with Crippen LogP contribution in [0, 0.1) is 29.3 Å². The van der Waals surface area contributed by atoms with Crippen molar-refractivity contribution in [3.63, 3.8) is 0 Å². The molecule has 71 valence electrons. The number of alkyl halides is 2. The van der Waals surface area contributed by atoms with E-state index in [1.54, 1.807) is 0 Å². The van der Waals surface area contributed by atoms with Gasteiger partial charge in [-0.2, -0.15) is 0 Å². The Hall–Kier alpha value is -1.20. The highest BCUT2D eigenvalue weighted by Crippen LogP contribution is 2.27. The Morgan fingerprint density at radius 2 is 1.38 bits per heavy atom. The van der Waals surface area contributed by atoms with E-state index >= 15 is 0 Å². The average Bonchev–Trinajstić information content (AvgIpc) is 1.99. The van der Waals surface area contributed by atoms with Crippen LogP contribution >= 0.6 is 0 Å². The van der Waals surface area contributed by atoms with Gasteiger partial charge in [-0.25, -0.2) is 26.3 Å². The highest BCUT2D eigenvalue weighted by molar-refractivity contribution is 5.22. The molecule has 0 spiro atoms. The molecule has 1 aromatic carbocycles. The SMILES string of the molecule is Fc1[c]c(F)c(C(F)F)c(F)c1F. The molecule has 0 aromatic heterocycles. The molecule has 0 aliphatic carbocycles. The molecule has 6 heteroatoms. The highest BCUT2D eigenvalue weighted by atomic mass is 19.3. The Bertz CT molecular complexity index is 332. The molecule has 0 saturated heterocycles.